The third-order valence-electron chi connectivity index (χ3n) is 2.68. The highest BCUT2D eigenvalue weighted by Gasteiger charge is 2.22. The standard InChI is InChI=1S/C13H20N2O2S/c1-9(2)18(17)10(3)13(16)15-12-7-5-4-6-11(12)8-14/h4-7,9-10H,8,14H2,1-3H3,(H,15,16). The van der Waals surface area contributed by atoms with Crippen molar-refractivity contribution in [3.05, 3.63) is 29.8 Å². The topological polar surface area (TPSA) is 72.2 Å². The van der Waals surface area contributed by atoms with Gasteiger partial charge in [0.05, 0.1) is 0 Å². The van der Waals surface area contributed by atoms with Crippen molar-refractivity contribution in [1.82, 2.24) is 0 Å². The van der Waals surface area contributed by atoms with E-state index in [9.17, 15) is 9.00 Å². The maximum absolute atomic E-state index is 12.0. The van der Waals surface area contributed by atoms with Gasteiger partial charge in [-0.25, -0.2) is 0 Å². The number of anilines is 1. The van der Waals surface area contributed by atoms with Gasteiger partial charge in [0.2, 0.25) is 5.91 Å². The van der Waals surface area contributed by atoms with E-state index in [0.29, 0.717) is 12.2 Å². The molecule has 1 aromatic carbocycles. The highest BCUT2D eigenvalue weighted by molar-refractivity contribution is 7.87. The molecule has 0 radical (unpaired) electrons. The predicted octanol–water partition coefficient (Wildman–Crippen LogP) is 1.63. The third kappa shape index (κ3) is 3.65. The van der Waals surface area contributed by atoms with E-state index in [0.717, 1.165) is 5.56 Å². The average molecular weight is 268 g/mol. The van der Waals surface area contributed by atoms with Gasteiger partial charge in [0.1, 0.15) is 5.25 Å². The van der Waals surface area contributed by atoms with Crippen molar-refractivity contribution in [1.29, 1.82) is 0 Å². The fraction of sp³-hybridized carbons (Fsp3) is 0.462. The first-order chi connectivity index (χ1) is 8.47. The van der Waals surface area contributed by atoms with Crippen LogP contribution in [0.1, 0.15) is 26.3 Å². The maximum Gasteiger partial charge on any atom is 0.239 e. The van der Waals surface area contributed by atoms with Crippen LogP contribution in [0.2, 0.25) is 0 Å². The van der Waals surface area contributed by atoms with E-state index in [2.05, 4.69) is 5.32 Å². The van der Waals surface area contributed by atoms with E-state index in [1.54, 1.807) is 13.0 Å². The lowest BCUT2D eigenvalue weighted by Gasteiger charge is -2.15. The van der Waals surface area contributed by atoms with E-state index >= 15 is 0 Å². The number of amides is 1. The zero-order valence-electron chi connectivity index (χ0n) is 11.0. The molecule has 0 bridgehead atoms. The van der Waals surface area contributed by atoms with Crippen molar-refractivity contribution >= 4 is 22.4 Å². The molecule has 0 fully saturated rings. The molecule has 5 heteroatoms. The van der Waals surface area contributed by atoms with E-state index in [1.165, 1.54) is 0 Å². The molecule has 1 amide bonds. The van der Waals surface area contributed by atoms with E-state index in [1.807, 2.05) is 32.0 Å². The minimum absolute atomic E-state index is 0.0319. The lowest BCUT2D eigenvalue weighted by molar-refractivity contribution is -0.115. The number of hydrogen-bond acceptors (Lipinski definition) is 3. The summed E-state index contributed by atoms with van der Waals surface area (Å²) in [5.74, 6) is -0.233. The molecule has 3 N–H and O–H groups in total. The number of carbonyl (C=O) groups is 1. The molecule has 0 spiro atoms. The molecule has 18 heavy (non-hydrogen) atoms. The smallest absolute Gasteiger partial charge is 0.239 e. The number of benzene rings is 1. The number of nitrogens with two attached hydrogens (primary N) is 1. The van der Waals surface area contributed by atoms with Crippen LogP contribution in [0, 0.1) is 0 Å². The summed E-state index contributed by atoms with van der Waals surface area (Å²) in [7, 11) is -1.17. The zero-order valence-corrected chi connectivity index (χ0v) is 11.8. The van der Waals surface area contributed by atoms with Crippen LogP contribution in [0.4, 0.5) is 5.69 Å². The quantitative estimate of drug-likeness (QED) is 0.852. The molecule has 0 heterocycles. The number of para-hydroxylation sites is 1. The fourth-order valence-electron chi connectivity index (χ4n) is 1.57. The van der Waals surface area contributed by atoms with E-state index in [4.69, 9.17) is 5.73 Å². The molecule has 0 aromatic heterocycles. The normalized spacial score (nSPS) is 14.3. The molecule has 0 saturated carbocycles. The minimum Gasteiger partial charge on any atom is -0.326 e. The summed E-state index contributed by atoms with van der Waals surface area (Å²) in [5.41, 5.74) is 7.16. The van der Waals surface area contributed by atoms with Crippen LogP contribution in [-0.2, 0) is 22.1 Å². The van der Waals surface area contributed by atoms with Crippen molar-refractivity contribution in [2.24, 2.45) is 5.73 Å². The summed E-state index contributed by atoms with van der Waals surface area (Å²) in [6.45, 7) is 5.72. The Balaban J connectivity index is 2.78. The molecule has 1 aromatic rings. The number of rotatable bonds is 5. The summed E-state index contributed by atoms with van der Waals surface area (Å²) in [6, 6.07) is 7.36. The van der Waals surface area contributed by atoms with Crippen LogP contribution in [-0.4, -0.2) is 20.6 Å². The van der Waals surface area contributed by atoms with Gasteiger partial charge in [-0.3, -0.25) is 9.00 Å². The van der Waals surface area contributed by atoms with Crippen molar-refractivity contribution in [3.8, 4) is 0 Å². The Kier molecular flexibility index (Phi) is 5.50. The molecular formula is C13H20N2O2S. The van der Waals surface area contributed by atoms with E-state index in [-0.39, 0.29) is 11.2 Å². The maximum atomic E-state index is 12.0. The predicted molar refractivity (Wildman–Crippen MR) is 75.7 cm³/mol. The van der Waals surface area contributed by atoms with Gasteiger partial charge in [-0.2, -0.15) is 0 Å². The van der Waals surface area contributed by atoms with Gasteiger partial charge in [0, 0.05) is 28.3 Å². The van der Waals surface area contributed by atoms with Gasteiger partial charge < -0.3 is 11.1 Å². The van der Waals surface area contributed by atoms with E-state index < -0.39 is 16.0 Å². The number of carbonyl (C=O) groups excluding carboxylic acids is 1. The Morgan fingerprint density at radius 2 is 1.94 bits per heavy atom. The SMILES string of the molecule is CC(C)S(=O)C(C)C(=O)Nc1ccccc1CN. The summed E-state index contributed by atoms with van der Waals surface area (Å²) < 4.78 is 11.9. The van der Waals surface area contributed by atoms with Crippen LogP contribution in [0.3, 0.4) is 0 Å². The number of nitrogens with one attached hydrogen (secondary N) is 1. The Hall–Kier alpha value is -1.20. The molecule has 4 nitrogen and oxygen atoms in total. The first kappa shape index (κ1) is 14.9. The second-order valence-electron chi connectivity index (χ2n) is 4.37. The number of hydrogen-bond donors (Lipinski definition) is 2. The molecule has 2 unspecified atom stereocenters. The second-order valence-corrected chi connectivity index (χ2v) is 6.68. The highest BCUT2D eigenvalue weighted by Crippen LogP contribution is 2.15. The molecule has 0 aliphatic heterocycles. The highest BCUT2D eigenvalue weighted by atomic mass is 32.2. The zero-order chi connectivity index (χ0) is 13.7. The summed E-state index contributed by atoms with van der Waals surface area (Å²) in [4.78, 5) is 12.0. The van der Waals surface area contributed by atoms with Gasteiger partial charge in [0.25, 0.3) is 0 Å². The van der Waals surface area contributed by atoms with Gasteiger partial charge in [-0.05, 0) is 18.6 Å². The van der Waals surface area contributed by atoms with Crippen LogP contribution < -0.4 is 11.1 Å². The lowest BCUT2D eigenvalue weighted by Crippen LogP contribution is -2.32. The van der Waals surface area contributed by atoms with Crippen LogP contribution >= 0.6 is 0 Å². The third-order valence-corrected chi connectivity index (χ3v) is 4.52. The lowest BCUT2D eigenvalue weighted by atomic mass is 10.2. The monoisotopic (exact) mass is 268 g/mol. The molecule has 2 atom stereocenters. The van der Waals surface area contributed by atoms with Crippen LogP contribution in [0.15, 0.2) is 24.3 Å². The Morgan fingerprint density at radius 1 is 1.33 bits per heavy atom. The van der Waals surface area contributed by atoms with Crippen LogP contribution in [0.5, 0.6) is 0 Å². The Morgan fingerprint density at radius 3 is 2.50 bits per heavy atom. The second kappa shape index (κ2) is 6.66. The molecule has 0 aliphatic rings. The summed E-state index contributed by atoms with van der Waals surface area (Å²) in [5, 5.41) is 2.22. The molecular weight excluding hydrogens is 248 g/mol. The average Bonchev–Trinajstić information content (AvgIpc) is 2.37. The first-order valence-corrected chi connectivity index (χ1v) is 7.23. The molecule has 1 rings (SSSR count). The van der Waals surface area contributed by atoms with Gasteiger partial charge >= 0.3 is 0 Å². The van der Waals surface area contributed by atoms with Gasteiger partial charge in [-0.15, -0.1) is 0 Å². The molecule has 0 saturated heterocycles. The first-order valence-electron chi connectivity index (χ1n) is 5.95. The van der Waals surface area contributed by atoms with Crippen molar-refractivity contribution in [3.63, 3.8) is 0 Å². The largest absolute Gasteiger partial charge is 0.326 e. The van der Waals surface area contributed by atoms with Gasteiger partial charge in [-0.1, -0.05) is 32.0 Å². The van der Waals surface area contributed by atoms with Crippen molar-refractivity contribution < 1.29 is 9.00 Å². The fourth-order valence-corrected chi connectivity index (χ4v) is 2.65. The summed E-state index contributed by atoms with van der Waals surface area (Å²) in [6.07, 6.45) is 0. The molecule has 100 valence electrons. The minimum atomic E-state index is -1.17. The van der Waals surface area contributed by atoms with Crippen molar-refractivity contribution in [2.75, 3.05) is 5.32 Å². The van der Waals surface area contributed by atoms with Crippen molar-refractivity contribution in [2.45, 2.75) is 37.8 Å². The Bertz CT molecular complexity index is 446. The Labute approximate surface area is 110 Å². The van der Waals surface area contributed by atoms with Crippen LogP contribution in [0.25, 0.3) is 0 Å². The van der Waals surface area contributed by atoms with Gasteiger partial charge in [0.15, 0.2) is 0 Å². The molecule has 0 aliphatic carbocycles. The summed E-state index contributed by atoms with van der Waals surface area (Å²) >= 11 is 0.